The zero-order valence-electron chi connectivity index (χ0n) is 12.3. The summed E-state index contributed by atoms with van der Waals surface area (Å²) in [5.74, 6) is 0.234. The quantitative estimate of drug-likeness (QED) is 0.776. The number of carbonyl (C=O) groups is 2. The van der Waals surface area contributed by atoms with E-state index in [1.807, 2.05) is 0 Å². The predicted molar refractivity (Wildman–Crippen MR) is 82.3 cm³/mol. The zero-order chi connectivity index (χ0) is 15.8. The van der Waals surface area contributed by atoms with Gasteiger partial charge in [0.15, 0.2) is 0 Å². The van der Waals surface area contributed by atoms with Crippen LogP contribution in [0.4, 0.5) is 5.13 Å². The summed E-state index contributed by atoms with van der Waals surface area (Å²) < 4.78 is 5.10. The van der Waals surface area contributed by atoms with E-state index < -0.39 is 0 Å². The Balaban J connectivity index is 1.67. The molecule has 0 aliphatic rings. The van der Waals surface area contributed by atoms with Crippen molar-refractivity contribution in [3.63, 3.8) is 0 Å². The third-order valence-corrected chi connectivity index (χ3v) is 3.69. The Bertz CT molecular complexity index is 609. The Morgan fingerprint density at radius 3 is 2.82 bits per heavy atom. The Labute approximate surface area is 132 Å². The molecule has 2 N–H and O–H groups in total. The number of aromatic nitrogens is 2. The molecule has 0 bridgehead atoms. The van der Waals surface area contributed by atoms with Crippen molar-refractivity contribution in [2.75, 3.05) is 5.32 Å². The standard InChI is InChI=1S/C14H18N4O3S/c1-2-4-13-17-18-14(22-13)16-12(20)7-6-11(19)15-9-10-5-3-8-21-10/h3,5,8H,2,4,6-7,9H2,1H3,(H,15,19)(H,16,18,20). The van der Waals surface area contributed by atoms with Gasteiger partial charge in [-0.25, -0.2) is 0 Å². The molecule has 0 fully saturated rings. The summed E-state index contributed by atoms with van der Waals surface area (Å²) in [5, 5.41) is 14.6. The van der Waals surface area contributed by atoms with E-state index in [1.165, 1.54) is 11.3 Å². The van der Waals surface area contributed by atoms with Crippen molar-refractivity contribution in [2.45, 2.75) is 39.2 Å². The maximum absolute atomic E-state index is 11.7. The minimum Gasteiger partial charge on any atom is -0.467 e. The van der Waals surface area contributed by atoms with Crippen molar-refractivity contribution in [3.8, 4) is 0 Å². The number of amides is 2. The lowest BCUT2D eigenvalue weighted by Gasteiger charge is -2.03. The number of aryl methyl sites for hydroxylation is 1. The monoisotopic (exact) mass is 322 g/mol. The molecule has 2 amide bonds. The maximum Gasteiger partial charge on any atom is 0.226 e. The molecule has 8 heteroatoms. The first-order valence-corrected chi connectivity index (χ1v) is 7.90. The molecule has 0 saturated carbocycles. The maximum atomic E-state index is 11.7. The number of carbonyl (C=O) groups excluding carboxylic acids is 2. The van der Waals surface area contributed by atoms with E-state index in [2.05, 4.69) is 27.8 Å². The molecule has 22 heavy (non-hydrogen) atoms. The summed E-state index contributed by atoms with van der Waals surface area (Å²) in [6.45, 7) is 2.38. The summed E-state index contributed by atoms with van der Waals surface area (Å²) >= 11 is 1.36. The van der Waals surface area contributed by atoms with Gasteiger partial charge in [-0.3, -0.25) is 9.59 Å². The highest BCUT2D eigenvalue weighted by atomic mass is 32.1. The van der Waals surface area contributed by atoms with E-state index in [0.717, 1.165) is 17.8 Å². The van der Waals surface area contributed by atoms with E-state index in [1.54, 1.807) is 18.4 Å². The number of rotatable bonds is 8. The Kier molecular flexibility index (Phi) is 6.08. The molecule has 2 heterocycles. The molecule has 2 rings (SSSR count). The van der Waals surface area contributed by atoms with E-state index >= 15 is 0 Å². The summed E-state index contributed by atoms with van der Waals surface area (Å²) in [4.78, 5) is 23.4. The fraction of sp³-hybridized carbons (Fsp3) is 0.429. The number of hydrogen-bond donors (Lipinski definition) is 2. The van der Waals surface area contributed by atoms with Crippen LogP contribution < -0.4 is 10.6 Å². The lowest BCUT2D eigenvalue weighted by molar-refractivity contribution is -0.124. The van der Waals surface area contributed by atoms with Gasteiger partial charge in [-0.15, -0.1) is 10.2 Å². The average Bonchev–Trinajstić information content (AvgIpc) is 3.15. The smallest absolute Gasteiger partial charge is 0.226 e. The van der Waals surface area contributed by atoms with Gasteiger partial charge in [0, 0.05) is 19.3 Å². The molecule has 7 nitrogen and oxygen atoms in total. The van der Waals surface area contributed by atoms with Crippen molar-refractivity contribution in [2.24, 2.45) is 0 Å². The molecule has 0 radical (unpaired) electrons. The summed E-state index contributed by atoms with van der Waals surface area (Å²) in [6.07, 6.45) is 3.60. The molecular formula is C14H18N4O3S. The van der Waals surface area contributed by atoms with Crippen LogP contribution in [0.1, 0.15) is 37.0 Å². The first kappa shape index (κ1) is 16.2. The predicted octanol–water partition coefficient (Wildman–Crippen LogP) is 2.12. The highest BCUT2D eigenvalue weighted by Gasteiger charge is 2.10. The number of furan rings is 1. The van der Waals surface area contributed by atoms with Crippen LogP contribution in [0, 0.1) is 0 Å². The minimum absolute atomic E-state index is 0.104. The van der Waals surface area contributed by atoms with Gasteiger partial charge < -0.3 is 15.1 Å². The van der Waals surface area contributed by atoms with Gasteiger partial charge in [0.05, 0.1) is 12.8 Å². The van der Waals surface area contributed by atoms with Gasteiger partial charge in [0.1, 0.15) is 10.8 Å². The Morgan fingerprint density at radius 1 is 1.27 bits per heavy atom. The highest BCUT2D eigenvalue weighted by molar-refractivity contribution is 7.15. The van der Waals surface area contributed by atoms with Crippen LogP contribution >= 0.6 is 11.3 Å². The first-order chi connectivity index (χ1) is 10.7. The SMILES string of the molecule is CCCc1nnc(NC(=O)CCC(=O)NCc2ccco2)s1. The second-order valence-corrected chi connectivity index (χ2v) is 5.72. The topological polar surface area (TPSA) is 97.1 Å². The fourth-order valence-corrected chi connectivity index (χ4v) is 2.57. The third-order valence-electron chi connectivity index (χ3n) is 2.80. The second-order valence-electron chi connectivity index (χ2n) is 4.66. The Morgan fingerprint density at radius 2 is 2.09 bits per heavy atom. The lowest BCUT2D eigenvalue weighted by Crippen LogP contribution is -2.24. The van der Waals surface area contributed by atoms with Crippen molar-refractivity contribution < 1.29 is 14.0 Å². The van der Waals surface area contributed by atoms with Crippen molar-refractivity contribution in [3.05, 3.63) is 29.2 Å². The van der Waals surface area contributed by atoms with Gasteiger partial charge in [-0.1, -0.05) is 18.3 Å². The molecular weight excluding hydrogens is 304 g/mol. The molecule has 0 aromatic carbocycles. The van der Waals surface area contributed by atoms with Crippen LogP contribution in [0.15, 0.2) is 22.8 Å². The molecule has 0 unspecified atom stereocenters. The molecule has 0 aliphatic carbocycles. The minimum atomic E-state index is -0.243. The second kappa shape index (κ2) is 8.28. The molecule has 0 saturated heterocycles. The van der Waals surface area contributed by atoms with E-state index in [0.29, 0.717) is 17.4 Å². The molecule has 2 aromatic heterocycles. The number of hydrogen-bond acceptors (Lipinski definition) is 6. The third kappa shape index (κ3) is 5.28. The molecule has 2 aromatic rings. The normalized spacial score (nSPS) is 10.4. The van der Waals surface area contributed by atoms with Crippen molar-refractivity contribution >= 4 is 28.3 Å². The van der Waals surface area contributed by atoms with Crippen molar-refractivity contribution in [1.29, 1.82) is 0 Å². The number of anilines is 1. The van der Waals surface area contributed by atoms with Gasteiger partial charge in [0.2, 0.25) is 16.9 Å². The van der Waals surface area contributed by atoms with Crippen LogP contribution in [-0.4, -0.2) is 22.0 Å². The van der Waals surface area contributed by atoms with Crippen LogP contribution in [-0.2, 0) is 22.6 Å². The molecule has 0 atom stereocenters. The van der Waals surface area contributed by atoms with Crippen molar-refractivity contribution in [1.82, 2.24) is 15.5 Å². The molecule has 0 spiro atoms. The number of nitrogens with zero attached hydrogens (tertiary/aromatic N) is 2. The first-order valence-electron chi connectivity index (χ1n) is 7.08. The summed E-state index contributed by atoms with van der Waals surface area (Å²) in [5.41, 5.74) is 0. The van der Waals surface area contributed by atoms with Gasteiger partial charge in [-0.2, -0.15) is 0 Å². The largest absolute Gasteiger partial charge is 0.467 e. The molecule has 0 aliphatic heterocycles. The van der Waals surface area contributed by atoms with E-state index in [9.17, 15) is 9.59 Å². The number of nitrogens with one attached hydrogen (secondary N) is 2. The summed E-state index contributed by atoms with van der Waals surface area (Å²) in [7, 11) is 0. The van der Waals surface area contributed by atoms with E-state index in [-0.39, 0.29) is 24.7 Å². The zero-order valence-corrected chi connectivity index (χ0v) is 13.1. The van der Waals surface area contributed by atoms with Crippen LogP contribution in [0.25, 0.3) is 0 Å². The van der Waals surface area contributed by atoms with Gasteiger partial charge in [-0.05, 0) is 18.6 Å². The van der Waals surface area contributed by atoms with Gasteiger partial charge >= 0.3 is 0 Å². The highest BCUT2D eigenvalue weighted by Crippen LogP contribution is 2.16. The van der Waals surface area contributed by atoms with Crippen LogP contribution in [0.2, 0.25) is 0 Å². The molecule has 118 valence electrons. The van der Waals surface area contributed by atoms with E-state index in [4.69, 9.17) is 4.42 Å². The Hall–Kier alpha value is -2.22. The lowest BCUT2D eigenvalue weighted by atomic mass is 10.3. The van der Waals surface area contributed by atoms with Crippen LogP contribution in [0.5, 0.6) is 0 Å². The average molecular weight is 322 g/mol. The summed E-state index contributed by atoms with van der Waals surface area (Å²) in [6, 6.07) is 3.53. The van der Waals surface area contributed by atoms with Crippen LogP contribution in [0.3, 0.4) is 0 Å². The van der Waals surface area contributed by atoms with Gasteiger partial charge in [0.25, 0.3) is 0 Å². The fourth-order valence-electron chi connectivity index (χ4n) is 1.72.